The Morgan fingerprint density at radius 2 is 1.44 bits per heavy atom. The molecule has 0 radical (unpaired) electrons. The predicted octanol–water partition coefficient (Wildman–Crippen LogP) is 4.05. The molecular formula is C22H19FN2O2. The van der Waals surface area contributed by atoms with E-state index in [1.165, 1.54) is 18.2 Å². The third-order valence-corrected chi connectivity index (χ3v) is 4.07. The van der Waals surface area contributed by atoms with E-state index in [9.17, 15) is 14.0 Å². The number of halogens is 1. The van der Waals surface area contributed by atoms with Gasteiger partial charge in [0.2, 0.25) is 0 Å². The first-order chi connectivity index (χ1) is 13.1. The second kappa shape index (κ2) is 8.76. The fraction of sp³-hybridized carbons (Fsp3) is 0.0909. The van der Waals surface area contributed by atoms with Crippen LogP contribution in [0.15, 0.2) is 78.9 Å². The Bertz CT molecular complexity index is 928. The van der Waals surface area contributed by atoms with Crippen LogP contribution in [-0.4, -0.2) is 18.4 Å². The molecule has 0 saturated carbocycles. The number of hydrogen-bond donors (Lipinski definition) is 2. The summed E-state index contributed by atoms with van der Waals surface area (Å²) in [5, 5.41) is 5.33. The van der Waals surface area contributed by atoms with Crippen molar-refractivity contribution in [2.24, 2.45) is 0 Å². The lowest BCUT2D eigenvalue weighted by atomic mass is 10.1. The van der Waals surface area contributed by atoms with E-state index in [1.807, 2.05) is 30.3 Å². The highest BCUT2D eigenvalue weighted by molar-refractivity contribution is 6.09. The van der Waals surface area contributed by atoms with Crippen molar-refractivity contribution >= 4 is 17.5 Å². The molecule has 0 aromatic heterocycles. The van der Waals surface area contributed by atoms with Crippen LogP contribution in [0.3, 0.4) is 0 Å². The van der Waals surface area contributed by atoms with Crippen molar-refractivity contribution < 1.29 is 14.0 Å². The third-order valence-electron chi connectivity index (χ3n) is 4.07. The standard InChI is InChI=1S/C22H19FN2O2/c23-18-12-7-13-19(25-21(26)17-10-5-2-6-11-17)20(18)22(27)24-15-14-16-8-3-1-4-9-16/h1-13H,14-15H2,(H,24,27)(H,25,26). The van der Waals surface area contributed by atoms with Gasteiger partial charge in [-0.3, -0.25) is 9.59 Å². The van der Waals surface area contributed by atoms with Gasteiger partial charge < -0.3 is 10.6 Å². The molecule has 4 nitrogen and oxygen atoms in total. The van der Waals surface area contributed by atoms with Crippen molar-refractivity contribution in [3.63, 3.8) is 0 Å². The molecule has 2 N–H and O–H groups in total. The highest BCUT2D eigenvalue weighted by Crippen LogP contribution is 2.20. The maximum absolute atomic E-state index is 14.3. The van der Waals surface area contributed by atoms with Gasteiger partial charge in [-0.15, -0.1) is 0 Å². The lowest BCUT2D eigenvalue weighted by Gasteiger charge is -2.12. The zero-order valence-electron chi connectivity index (χ0n) is 14.6. The average Bonchev–Trinajstić information content (AvgIpc) is 2.69. The van der Waals surface area contributed by atoms with Crippen molar-refractivity contribution in [3.8, 4) is 0 Å². The fourth-order valence-corrected chi connectivity index (χ4v) is 2.70. The van der Waals surface area contributed by atoms with E-state index >= 15 is 0 Å². The summed E-state index contributed by atoms with van der Waals surface area (Å²) in [5.74, 6) is -1.65. The van der Waals surface area contributed by atoms with E-state index in [0.717, 1.165) is 5.56 Å². The van der Waals surface area contributed by atoms with Gasteiger partial charge >= 0.3 is 0 Å². The van der Waals surface area contributed by atoms with E-state index in [-0.39, 0.29) is 11.3 Å². The van der Waals surface area contributed by atoms with Crippen molar-refractivity contribution in [1.29, 1.82) is 0 Å². The van der Waals surface area contributed by atoms with Crippen LogP contribution >= 0.6 is 0 Å². The van der Waals surface area contributed by atoms with Gasteiger partial charge in [-0.05, 0) is 36.2 Å². The highest BCUT2D eigenvalue weighted by atomic mass is 19.1. The molecule has 5 heteroatoms. The van der Waals surface area contributed by atoms with Crippen LogP contribution < -0.4 is 10.6 Å². The summed E-state index contributed by atoms with van der Waals surface area (Å²) in [4.78, 5) is 24.8. The molecule has 0 bridgehead atoms. The first-order valence-corrected chi connectivity index (χ1v) is 8.62. The molecule has 0 aliphatic rings. The molecule has 136 valence electrons. The Morgan fingerprint density at radius 1 is 0.778 bits per heavy atom. The largest absolute Gasteiger partial charge is 0.352 e. The van der Waals surface area contributed by atoms with Crippen LogP contribution in [0.5, 0.6) is 0 Å². The lowest BCUT2D eigenvalue weighted by Crippen LogP contribution is -2.28. The van der Waals surface area contributed by atoms with Gasteiger partial charge in [0.05, 0.1) is 11.3 Å². The minimum Gasteiger partial charge on any atom is -0.352 e. The Hall–Kier alpha value is -3.47. The monoisotopic (exact) mass is 362 g/mol. The molecule has 0 unspecified atom stereocenters. The van der Waals surface area contributed by atoms with Crippen molar-refractivity contribution in [2.45, 2.75) is 6.42 Å². The van der Waals surface area contributed by atoms with Gasteiger partial charge in [-0.1, -0.05) is 54.6 Å². The normalized spacial score (nSPS) is 10.3. The molecule has 3 aromatic carbocycles. The Kier molecular flexibility index (Phi) is 5.94. The number of carbonyl (C=O) groups excluding carboxylic acids is 2. The third kappa shape index (κ3) is 4.79. The Balaban J connectivity index is 1.71. The Labute approximate surface area is 157 Å². The minimum absolute atomic E-state index is 0.140. The molecule has 0 spiro atoms. The topological polar surface area (TPSA) is 58.2 Å². The smallest absolute Gasteiger partial charge is 0.256 e. The van der Waals surface area contributed by atoms with Crippen molar-refractivity contribution in [1.82, 2.24) is 5.32 Å². The van der Waals surface area contributed by atoms with Crippen LogP contribution in [0.1, 0.15) is 26.3 Å². The molecule has 0 heterocycles. The number of anilines is 1. The van der Waals surface area contributed by atoms with Crippen LogP contribution in [0.2, 0.25) is 0 Å². The first kappa shape index (κ1) is 18.3. The Morgan fingerprint density at radius 3 is 2.15 bits per heavy atom. The van der Waals surface area contributed by atoms with E-state index in [4.69, 9.17) is 0 Å². The van der Waals surface area contributed by atoms with Crippen molar-refractivity contribution in [2.75, 3.05) is 11.9 Å². The molecule has 0 saturated heterocycles. The van der Waals surface area contributed by atoms with Gasteiger partial charge in [-0.25, -0.2) is 4.39 Å². The van der Waals surface area contributed by atoms with Crippen LogP contribution in [-0.2, 0) is 6.42 Å². The molecule has 27 heavy (non-hydrogen) atoms. The molecule has 0 atom stereocenters. The highest BCUT2D eigenvalue weighted by Gasteiger charge is 2.18. The molecule has 0 aliphatic heterocycles. The zero-order valence-corrected chi connectivity index (χ0v) is 14.6. The van der Waals surface area contributed by atoms with E-state index in [1.54, 1.807) is 30.3 Å². The summed E-state index contributed by atoms with van der Waals surface area (Å²) in [6.45, 7) is 0.364. The SMILES string of the molecule is O=C(Nc1cccc(F)c1C(=O)NCCc1ccccc1)c1ccccc1. The summed E-state index contributed by atoms with van der Waals surface area (Å²) >= 11 is 0. The van der Waals surface area contributed by atoms with Crippen LogP contribution in [0, 0.1) is 5.82 Å². The predicted molar refractivity (Wildman–Crippen MR) is 103 cm³/mol. The van der Waals surface area contributed by atoms with Gasteiger partial charge in [0.1, 0.15) is 5.82 Å². The maximum Gasteiger partial charge on any atom is 0.256 e. The van der Waals surface area contributed by atoms with Gasteiger partial charge in [0.25, 0.3) is 11.8 Å². The number of carbonyl (C=O) groups is 2. The molecular weight excluding hydrogens is 343 g/mol. The molecule has 3 rings (SSSR count). The van der Waals surface area contributed by atoms with Gasteiger partial charge in [0.15, 0.2) is 0 Å². The molecule has 0 aliphatic carbocycles. The number of benzene rings is 3. The van der Waals surface area contributed by atoms with E-state index in [0.29, 0.717) is 18.5 Å². The summed E-state index contributed by atoms with van der Waals surface area (Å²) in [5.41, 5.74) is 1.47. The van der Waals surface area contributed by atoms with Crippen LogP contribution in [0.4, 0.5) is 10.1 Å². The number of hydrogen-bond acceptors (Lipinski definition) is 2. The van der Waals surface area contributed by atoms with E-state index < -0.39 is 17.6 Å². The second-order valence-electron chi connectivity index (χ2n) is 5.97. The first-order valence-electron chi connectivity index (χ1n) is 8.62. The van der Waals surface area contributed by atoms with Crippen LogP contribution in [0.25, 0.3) is 0 Å². The minimum atomic E-state index is -0.682. The summed E-state index contributed by atoms with van der Waals surface area (Å²) in [6.07, 6.45) is 0.632. The van der Waals surface area contributed by atoms with Crippen molar-refractivity contribution in [3.05, 3.63) is 101 Å². The number of amides is 2. The zero-order chi connectivity index (χ0) is 19.1. The van der Waals surface area contributed by atoms with E-state index in [2.05, 4.69) is 10.6 Å². The molecule has 3 aromatic rings. The lowest BCUT2D eigenvalue weighted by molar-refractivity contribution is 0.0951. The maximum atomic E-state index is 14.3. The summed E-state index contributed by atoms with van der Waals surface area (Å²) < 4.78 is 14.3. The molecule has 0 fully saturated rings. The number of nitrogens with one attached hydrogen (secondary N) is 2. The quantitative estimate of drug-likeness (QED) is 0.695. The fourth-order valence-electron chi connectivity index (χ4n) is 2.70. The molecule has 2 amide bonds. The number of rotatable bonds is 6. The van der Waals surface area contributed by atoms with Gasteiger partial charge in [-0.2, -0.15) is 0 Å². The second-order valence-corrected chi connectivity index (χ2v) is 5.97. The summed E-state index contributed by atoms with van der Waals surface area (Å²) in [6, 6.07) is 22.4. The summed E-state index contributed by atoms with van der Waals surface area (Å²) in [7, 11) is 0. The van der Waals surface area contributed by atoms with Gasteiger partial charge in [0, 0.05) is 12.1 Å². The average molecular weight is 362 g/mol.